The van der Waals surface area contributed by atoms with Crippen LogP contribution in [0.4, 0.5) is 16.2 Å². The maximum Gasteiger partial charge on any atom is 0.328 e. The fraction of sp³-hybridized carbons (Fsp3) is 0. The highest BCUT2D eigenvalue weighted by Crippen LogP contribution is 2.12. The molecule has 2 amide bonds. The first-order chi connectivity index (χ1) is 10.1. The third-order valence-electron chi connectivity index (χ3n) is 2.38. The van der Waals surface area contributed by atoms with E-state index in [0.717, 1.165) is 6.08 Å². The van der Waals surface area contributed by atoms with Gasteiger partial charge in [0.1, 0.15) is 6.33 Å². The first-order valence-electron chi connectivity index (χ1n) is 5.97. The molecule has 0 fully saturated rings. The maximum atomic E-state index is 11.8. The Labute approximate surface area is 120 Å². The molecule has 0 saturated heterocycles. The van der Waals surface area contributed by atoms with Gasteiger partial charge < -0.3 is 15.7 Å². The molecule has 2 aromatic rings. The van der Waals surface area contributed by atoms with Crippen LogP contribution in [-0.4, -0.2) is 27.1 Å². The molecule has 1 aromatic heterocycles. The second kappa shape index (κ2) is 6.80. The number of hydrogen-bond acceptors (Lipinski definition) is 4. The molecule has 106 valence electrons. The lowest BCUT2D eigenvalue weighted by Crippen LogP contribution is -2.19. The third-order valence-corrected chi connectivity index (χ3v) is 2.38. The van der Waals surface area contributed by atoms with Gasteiger partial charge in [-0.2, -0.15) is 0 Å². The van der Waals surface area contributed by atoms with Crippen LogP contribution in [0.5, 0.6) is 0 Å². The number of aromatic nitrogens is 2. The molecule has 0 atom stereocenters. The standard InChI is InChI=1S/C14H12N4O3/c19-13(20)5-4-10-2-1-3-11(6-10)17-14(21)18-12-7-15-9-16-8-12/h1-9H,(H,19,20)(H2,17,18,21)/b5-4+. The second-order valence-corrected chi connectivity index (χ2v) is 4.00. The van der Waals surface area contributed by atoms with E-state index in [1.54, 1.807) is 24.3 Å². The number of urea groups is 1. The number of aliphatic carboxylic acids is 1. The van der Waals surface area contributed by atoms with E-state index in [-0.39, 0.29) is 0 Å². The van der Waals surface area contributed by atoms with Crippen molar-refractivity contribution >= 4 is 29.5 Å². The lowest BCUT2D eigenvalue weighted by atomic mass is 10.2. The van der Waals surface area contributed by atoms with Crippen LogP contribution < -0.4 is 10.6 Å². The summed E-state index contributed by atoms with van der Waals surface area (Å²) in [5.41, 5.74) is 1.67. The van der Waals surface area contributed by atoms with Gasteiger partial charge in [-0.15, -0.1) is 0 Å². The zero-order valence-corrected chi connectivity index (χ0v) is 10.9. The molecule has 7 nitrogen and oxygen atoms in total. The molecule has 3 N–H and O–H groups in total. The van der Waals surface area contributed by atoms with Gasteiger partial charge in [-0.05, 0) is 23.8 Å². The van der Waals surface area contributed by atoms with Crippen molar-refractivity contribution in [2.75, 3.05) is 10.6 Å². The Morgan fingerprint density at radius 1 is 1.10 bits per heavy atom. The molecule has 0 spiro atoms. The molecule has 0 bridgehead atoms. The minimum Gasteiger partial charge on any atom is -0.478 e. The van der Waals surface area contributed by atoms with E-state index < -0.39 is 12.0 Å². The molecule has 0 saturated carbocycles. The average molecular weight is 284 g/mol. The number of carbonyl (C=O) groups is 2. The van der Waals surface area contributed by atoms with E-state index in [1.165, 1.54) is 24.8 Å². The number of nitrogens with zero attached hydrogens (tertiary/aromatic N) is 2. The molecule has 0 aliphatic rings. The quantitative estimate of drug-likeness (QED) is 0.747. The number of carboxylic acids is 1. The van der Waals surface area contributed by atoms with E-state index in [4.69, 9.17) is 5.11 Å². The van der Waals surface area contributed by atoms with E-state index >= 15 is 0 Å². The number of carboxylic acid groups (broad SMARTS) is 1. The smallest absolute Gasteiger partial charge is 0.328 e. The van der Waals surface area contributed by atoms with Gasteiger partial charge in [0.2, 0.25) is 0 Å². The van der Waals surface area contributed by atoms with Crippen molar-refractivity contribution in [3.8, 4) is 0 Å². The summed E-state index contributed by atoms with van der Waals surface area (Å²) in [6.45, 7) is 0. The first-order valence-corrected chi connectivity index (χ1v) is 5.97. The van der Waals surface area contributed by atoms with Crippen molar-refractivity contribution in [1.29, 1.82) is 0 Å². The molecule has 1 aromatic carbocycles. The highest BCUT2D eigenvalue weighted by Gasteiger charge is 2.03. The summed E-state index contributed by atoms with van der Waals surface area (Å²) in [5, 5.41) is 13.8. The lowest BCUT2D eigenvalue weighted by Gasteiger charge is -2.07. The zero-order chi connectivity index (χ0) is 15.1. The fourth-order valence-electron chi connectivity index (χ4n) is 1.54. The Morgan fingerprint density at radius 3 is 2.52 bits per heavy atom. The number of hydrogen-bond donors (Lipinski definition) is 3. The number of rotatable bonds is 4. The van der Waals surface area contributed by atoms with Gasteiger partial charge in [0.05, 0.1) is 18.1 Å². The van der Waals surface area contributed by atoms with Gasteiger partial charge in [0, 0.05) is 11.8 Å². The van der Waals surface area contributed by atoms with Crippen LogP contribution in [0.15, 0.2) is 49.1 Å². The van der Waals surface area contributed by atoms with Crippen molar-refractivity contribution in [3.05, 3.63) is 54.6 Å². The molecule has 1 heterocycles. The van der Waals surface area contributed by atoms with Gasteiger partial charge in [0.15, 0.2) is 0 Å². The van der Waals surface area contributed by atoms with E-state index in [1.807, 2.05) is 0 Å². The van der Waals surface area contributed by atoms with Gasteiger partial charge in [-0.3, -0.25) is 0 Å². The molecule has 0 aliphatic carbocycles. The fourth-order valence-corrected chi connectivity index (χ4v) is 1.54. The highest BCUT2D eigenvalue weighted by atomic mass is 16.4. The summed E-state index contributed by atoms with van der Waals surface area (Å²) in [7, 11) is 0. The normalized spacial score (nSPS) is 10.3. The van der Waals surface area contributed by atoms with Crippen LogP contribution in [0, 0.1) is 0 Å². The Hall–Kier alpha value is -3.22. The van der Waals surface area contributed by atoms with E-state index in [2.05, 4.69) is 20.6 Å². The predicted octanol–water partition coefficient (Wildman–Crippen LogP) is 2.22. The van der Waals surface area contributed by atoms with Gasteiger partial charge >= 0.3 is 12.0 Å². The van der Waals surface area contributed by atoms with Crippen molar-refractivity contribution in [2.24, 2.45) is 0 Å². The summed E-state index contributed by atoms with van der Waals surface area (Å²) in [5.74, 6) is -1.03. The molecule has 7 heteroatoms. The molecule has 0 aliphatic heterocycles. The van der Waals surface area contributed by atoms with Crippen LogP contribution in [0.1, 0.15) is 5.56 Å². The summed E-state index contributed by atoms with van der Waals surface area (Å²) in [6.07, 6.45) is 6.77. The average Bonchev–Trinajstić information content (AvgIpc) is 2.46. The van der Waals surface area contributed by atoms with Crippen LogP contribution in [0.2, 0.25) is 0 Å². The van der Waals surface area contributed by atoms with Gasteiger partial charge in [-0.1, -0.05) is 12.1 Å². The Morgan fingerprint density at radius 2 is 1.81 bits per heavy atom. The Bertz CT molecular complexity index is 671. The highest BCUT2D eigenvalue weighted by molar-refractivity contribution is 5.99. The van der Waals surface area contributed by atoms with Crippen LogP contribution in [0.25, 0.3) is 6.08 Å². The molecular formula is C14H12N4O3. The zero-order valence-electron chi connectivity index (χ0n) is 10.9. The van der Waals surface area contributed by atoms with Crippen LogP contribution >= 0.6 is 0 Å². The second-order valence-electron chi connectivity index (χ2n) is 4.00. The minimum atomic E-state index is -1.03. The summed E-state index contributed by atoms with van der Waals surface area (Å²) < 4.78 is 0. The molecule has 0 unspecified atom stereocenters. The monoisotopic (exact) mass is 284 g/mol. The topological polar surface area (TPSA) is 104 Å². The van der Waals surface area contributed by atoms with E-state index in [9.17, 15) is 9.59 Å². The van der Waals surface area contributed by atoms with Crippen molar-refractivity contribution in [1.82, 2.24) is 9.97 Å². The SMILES string of the molecule is O=C(O)/C=C/c1cccc(NC(=O)Nc2cncnc2)c1. The molecule has 21 heavy (non-hydrogen) atoms. The predicted molar refractivity (Wildman–Crippen MR) is 77.8 cm³/mol. The van der Waals surface area contributed by atoms with Crippen LogP contribution in [0.3, 0.4) is 0 Å². The number of carbonyl (C=O) groups excluding carboxylic acids is 1. The minimum absolute atomic E-state index is 0.441. The lowest BCUT2D eigenvalue weighted by molar-refractivity contribution is -0.131. The number of amides is 2. The van der Waals surface area contributed by atoms with Crippen molar-refractivity contribution in [3.63, 3.8) is 0 Å². The van der Waals surface area contributed by atoms with Crippen molar-refractivity contribution in [2.45, 2.75) is 0 Å². The number of nitrogens with one attached hydrogen (secondary N) is 2. The summed E-state index contributed by atoms with van der Waals surface area (Å²) in [6, 6.07) is 6.35. The summed E-state index contributed by atoms with van der Waals surface area (Å²) in [4.78, 5) is 29.8. The molecular weight excluding hydrogens is 272 g/mol. The largest absolute Gasteiger partial charge is 0.478 e. The first kappa shape index (κ1) is 14.2. The summed E-state index contributed by atoms with van der Waals surface area (Å²) >= 11 is 0. The third kappa shape index (κ3) is 4.75. The van der Waals surface area contributed by atoms with E-state index in [0.29, 0.717) is 16.9 Å². The maximum absolute atomic E-state index is 11.8. The van der Waals surface area contributed by atoms with Gasteiger partial charge in [-0.25, -0.2) is 19.6 Å². The molecule has 2 rings (SSSR count). The van der Waals surface area contributed by atoms with Crippen molar-refractivity contribution < 1.29 is 14.7 Å². The Kier molecular flexibility index (Phi) is 4.60. The Balaban J connectivity index is 2.01. The van der Waals surface area contributed by atoms with Gasteiger partial charge in [0.25, 0.3) is 0 Å². The van der Waals surface area contributed by atoms with Crippen LogP contribution in [-0.2, 0) is 4.79 Å². The number of benzene rings is 1. The molecule has 0 radical (unpaired) electrons. The number of anilines is 2.